The minimum Gasteiger partial charge on any atom is -0.355 e. The van der Waals surface area contributed by atoms with Crippen LogP contribution in [0.15, 0.2) is 23.1 Å². The van der Waals surface area contributed by atoms with Gasteiger partial charge in [0, 0.05) is 18.4 Å². The molecule has 1 heterocycles. The molecular formula is C12H12Cl2O3S. The Bertz CT molecular complexity index is 433. The van der Waals surface area contributed by atoms with Crippen LogP contribution in [0.2, 0.25) is 10.0 Å². The summed E-state index contributed by atoms with van der Waals surface area (Å²) in [6.45, 7) is 0.103. The first kappa shape index (κ1) is 14.2. The molecule has 0 bridgehead atoms. The summed E-state index contributed by atoms with van der Waals surface area (Å²) in [7, 11) is 1.56. The van der Waals surface area contributed by atoms with Crippen molar-refractivity contribution in [3.8, 4) is 0 Å². The van der Waals surface area contributed by atoms with Crippen LogP contribution in [-0.2, 0) is 14.3 Å². The molecule has 3 nitrogen and oxygen atoms in total. The zero-order valence-corrected chi connectivity index (χ0v) is 12.0. The van der Waals surface area contributed by atoms with E-state index in [-0.39, 0.29) is 17.6 Å². The average Bonchev–Trinajstić information content (AvgIpc) is 2.34. The molecule has 0 unspecified atom stereocenters. The van der Waals surface area contributed by atoms with Gasteiger partial charge in [-0.1, -0.05) is 29.3 Å². The van der Waals surface area contributed by atoms with E-state index in [2.05, 4.69) is 0 Å². The SMILES string of the molecule is CO[C@H]1OCC(=O)C[C@@H]1Sc1c(Cl)cccc1Cl. The molecule has 18 heavy (non-hydrogen) atoms. The second kappa shape index (κ2) is 6.26. The maximum Gasteiger partial charge on any atom is 0.170 e. The quantitative estimate of drug-likeness (QED) is 0.857. The first-order valence-corrected chi connectivity index (χ1v) is 7.02. The monoisotopic (exact) mass is 306 g/mol. The van der Waals surface area contributed by atoms with Crippen LogP contribution in [0.3, 0.4) is 0 Å². The standard InChI is InChI=1S/C12H12Cl2O3S/c1-16-12-10(5-7(15)6-17-12)18-11-8(13)3-2-4-9(11)14/h2-4,10,12H,5-6H2,1H3/t10-,12-/m0/s1. The van der Waals surface area contributed by atoms with E-state index in [0.29, 0.717) is 16.5 Å². The smallest absolute Gasteiger partial charge is 0.170 e. The number of hydrogen-bond donors (Lipinski definition) is 0. The Kier molecular flexibility index (Phi) is 4.92. The van der Waals surface area contributed by atoms with Crippen molar-refractivity contribution in [3.05, 3.63) is 28.2 Å². The van der Waals surface area contributed by atoms with Crippen LogP contribution in [0.1, 0.15) is 6.42 Å². The van der Waals surface area contributed by atoms with Gasteiger partial charge in [-0.15, -0.1) is 11.8 Å². The fourth-order valence-electron chi connectivity index (χ4n) is 1.73. The van der Waals surface area contributed by atoms with Crippen LogP contribution in [-0.4, -0.2) is 31.0 Å². The van der Waals surface area contributed by atoms with Gasteiger partial charge in [0.15, 0.2) is 12.1 Å². The lowest BCUT2D eigenvalue weighted by molar-refractivity contribution is -0.160. The zero-order chi connectivity index (χ0) is 13.1. The van der Waals surface area contributed by atoms with E-state index in [0.717, 1.165) is 4.90 Å². The molecule has 2 atom stereocenters. The van der Waals surface area contributed by atoms with Crippen LogP contribution in [0.25, 0.3) is 0 Å². The van der Waals surface area contributed by atoms with E-state index < -0.39 is 6.29 Å². The molecule has 0 aromatic heterocycles. The number of rotatable bonds is 3. The Morgan fingerprint density at radius 2 is 2.06 bits per heavy atom. The predicted octanol–water partition coefficient (Wildman–Crippen LogP) is 3.42. The maximum atomic E-state index is 11.4. The lowest BCUT2D eigenvalue weighted by Crippen LogP contribution is -2.38. The van der Waals surface area contributed by atoms with Crippen molar-refractivity contribution in [1.29, 1.82) is 0 Å². The number of carbonyl (C=O) groups is 1. The highest BCUT2D eigenvalue weighted by Crippen LogP contribution is 2.39. The summed E-state index contributed by atoms with van der Waals surface area (Å²) >= 11 is 13.6. The third-order valence-electron chi connectivity index (χ3n) is 2.56. The van der Waals surface area contributed by atoms with Crippen molar-refractivity contribution in [2.24, 2.45) is 0 Å². The number of hydrogen-bond acceptors (Lipinski definition) is 4. The Morgan fingerprint density at radius 1 is 1.39 bits per heavy atom. The van der Waals surface area contributed by atoms with Gasteiger partial charge >= 0.3 is 0 Å². The van der Waals surface area contributed by atoms with Crippen molar-refractivity contribution in [2.45, 2.75) is 22.9 Å². The van der Waals surface area contributed by atoms with Gasteiger partial charge in [0.05, 0.1) is 15.3 Å². The summed E-state index contributed by atoms with van der Waals surface area (Å²) < 4.78 is 10.5. The number of methoxy groups -OCH3 is 1. The molecule has 1 aliphatic rings. The third kappa shape index (κ3) is 3.19. The van der Waals surface area contributed by atoms with Gasteiger partial charge in [0.2, 0.25) is 0 Å². The van der Waals surface area contributed by atoms with Crippen LogP contribution >= 0.6 is 35.0 Å². The first-order chi connectivity index (χ1) is 8.61. The van der Waals surface area contributed by atoms with Gasteiger partial charge in [0.25, 0.3) is 0 Å². The molecule has 1 fully saturated rings. The van der Waals surface area contributed by atoms with Crippen LogP contribution < -0.4 is 0 Å². The Balaban J connectivity index is 2.18. The Morgan fingerprint density at radius 3 is 2.67 bits per heavy atom. The van der Waals surface area contributed by atoms with Gasteiger partial charge in [-0.25, -0.2) is 0 Å². The molecule has 0 N–H and O–H groups in total. The minimum absolute atomic E-state index is 0.0592. The van der Waals surface area contributed by atoms with E-state index >= 15 is 0 Å². The molecule has 1 aliphatic heterocycles. The summed E-state index contributed by atoms with van der Waals surface area (Å²) in [5, 5.41) is 1.01. The summed E-state index contributed by atoms with van der Waals surface area (Å²) in [6.07, 6.45) is -0.0231. The van der Waals surface area contributed by atoms with Gasteiger partial charge < -0.3 is 9.47 Å². The second-order valence-electron chi connectivity index (χ2n) is 3.86. The zero-order valence-electron chi connectivity index (χ0n) is 9.69. The number of ether oxygens (including phenoxy) is 2. The molecule has 1 aromatic rings. The number of halogens is 2. The number of Topliss-reactive ketones (excluding diaryl/α,β-unsaturated/α-hetero) is 1. The normalized spacial score (nSPS) is 24.3. The first-order valence-electron chi connectivity index (χ1n) is 5.38. The number of benzene rings is 1. The van der Waals surface area contributed by atoms with E-state index in [1.54, 1.807) is 25.3 Å². The molecule has 0 amide bonds. The highest BCUT2D eigenvalue weighted by Gasteiger charge is 2.32. The maximum absolute atomic E-state index is 11.4. The minimum atomic E-state index is -0.417. The predicted molar refractivity (Wildman–Crippen MR) is 72.5 cm³/mol. The molecule has 0 spiro atoms. The van der Waals surface area contributed by atoms with E-state index in [4.69, 9.17) is 32.7 Å². The summed E-state index contributed by atoms with van der Waals surface area (Å²) in [5.41, 5.74) is 0. The summed E-state index contributed by atoms with van der Waals surface area (Å²) in [6, 6.07) is 5.32. The molecule has 6 heteroatoms. The van der Waals surface area contributed by atoms with E-state index in [9.17, 15) is 4.79 Å². The van der Waals surface area contributed by atoms with Crippen LogP contribution in [0.4, 0.5) is 0 Å². The van der Waals surface area contributed by atoms with E-state index in [1.807, 2.05) is 0 Å². The molecule has 0 saturated carbocycles. The molecule has 2 rings (SSSR count). The average molecular weight is 307 g/mol. The molecule has 1 saturated heterocycles. The van der Waals surface area contributed by atoms with Crippen LogP contribution in [0, 0.1) is 0 Å². The Hall–Kier alpha value is -0.260. The highest BCUT2D eigenvalue weighted by atomic mass is 35.5. The van der Waals surface area contributed by atoms with Crippen LogP contribution in [0.5, 0.6) is 0 Å². The molecule has 98 valence electrons. The fourth-order valence-corrected chi connectivity index (χ4v) is 3.62. The van der Waals surface area contributed by atoms with Gasteiger partial charge in [-0.05, 0) is 12.1 Å². The number of carbonyl (C=O) groups excluding carboxylic acids is 1. The summed E-state index contributed by atoms with van der Waals surface area (Å²) in [5.74, 6) is 0.0592. The lowest BCUT2D eigenvalue weighted by atomic mass is 10.2. The van der Waals surface area contributed by atoms with Crippen molar-refractivity contribution >= 4 is 40.7 Å². The molecule has 1 aromatic carbocycles. The lowest BCUT2D eigenvalue weighted by Gasteiger charge is -2.29. The van der Waals surface area contributed by atoms with Gasteiger partial charge in [-0.3, -0.25) is 4.79 Å². The molecule has 0 aliphatic carbocycles. The van der Waals surface area contributed by atoms with Crippen molar-refractivity contribution in [2.75, 3.05) is 13.7 Å². The van der Waals surface area contributed by atoms with Gasteiger partial charge in [-0.2, -0.15) is 0 Å². The summed E-state index contributed by atoms with van der Waals surface area (Å²) in [4.78, 5) is 12.2. The van der Waals surface area contributed by atoms with Gasteiger partial charge in [0.1, 0.15) is 6.61 Å². The van der Waals surface area contributed by atoms with Crippen molar-refractivity contribution < 1.29 is 14.3 Å². The van der Waals surface area contributed by atoms with E-state index in [1.165, 1.54) is 11.8 Å². The number of thioether (sulfide) groups is 1. The third-order valence-corrected chi connectivity index (χ3v) is 4.78. The van der Waals surface area contributed by atoms with Crippen molar-refractivity contribution in [3.63, 3.8) is 0 Å². The highest BCUT2D eigenvalue weighted by molar-refractivity contribution is 8.00. The second-order valence-corrected chi connectivity index (χ2v) is 5.93. The topological polar surface area (TPSA) is 35.5 Å². The fraction of sp³-hybridized carbons (Fsp3) is 0.417. The Labute approximate surface area is 120 Å². The van der Waals surface area contributed by atoms with Crippen molar-refractivity contribution in [1.82, 2.24) is 0 Å². The largest absolute Gasteiger partial charge is 0.355 e. The molecular weight excluding hydrogens is 295 g/mol. The number of ketones is 1. The molecule has 0 radical (unpaired) electrons.